The Morgan fingerprint density at radius 3 is 2.72 bits per heavy atom. The summed E-state index contributed by atoms with van der Waals surface area (Å²) in [7, 11) is 0. The second kappa shape index (κ2) is 5.97. The van der Waals surface area contributed by atoms with E-state index in [1.807, 2.05) is 6.92 Å². The third-order valence-electron chi connectivity index (χ3n) is 3.69. The van der Waals surface area contributed by atoms with E-state index < -0.39 is 6.04 Å². The summed E-state index contributed by atoms with van der Waals surface area (Å²) in [5.74, 6) is -0.277. The van der Waals surface area contributed by atoms with Crippen molar-refractivity contribution in [3.8, 4) is 6.07 Å². The van der Waals surface area contributed by atoms with E-state index >= 15 is 0 Å². The summed E-state index contributed by atoms with van der Waals surface area (Å²) in [6.07, 6.45) is 5.96. The normalized spacial score (nSPS) is 18.3. The maximum Gasteiger partial charge on any atom is 0.123 e. The number of hydrogen-bond donors (Lipinski definition) is 1. The van der Waals surface area contributed by atoms with Crippen LogP contribution in [0.3, 0.4) is 0 Å². The second-order valence-electron chi connectivity index (χ2n) is 5.06. The Labute approximate surface area is 108 Å². The largest absolute Gasteiger partial charge is 0.295 e. The summed E-state index contributed by atoms with van der Waals surface area (Å²) in [6.45, 7) is 1.92. The van der Waals surface area contributed by atoms with Gasteiger partial charge in [-0.15, -0.1) is 0 Å². The first-order valence-corrected chi connectivity index (χ1v) is 6.62. The third-order valence-corrected chi connectivity index (χ3v) is 3.69. The smallest absolute Gasteiger partial charge is 0.123 e. The molecule has 96 valence electrons. The van der Waals surface area contributed by atoms with Crippen LogP contribution in [-0.4, -0.2) is 6.04 Å². The van der Waals surface area contributed by atoms with E-state index in [-0.39, 0.29) is 5.82 Å². The first kappa shape index (κ1) is 13.0. The highest BCUT2D eigenvalue weighted by atomic mass is 19.1. The molecule has 0 aromatic heterocycles. The Balaban J connectivity index is 2.12. The van der Waals surface area contributed by atoms with Crippen molar-refractivity contribution in [2.45, 2.75) is 51.1 Å². The summed E-state index contributed by atoms with van der Waals surface area (Å²) in [5, 5.41) is 12.7. The number of nitrogens with one attached hydrogen (secondary N) is 1. The fraction of sp³-hybridized carbons (Fsp3) is 0.533. The van der Waals surface area contributed by atoms with Crippen LogP contribution in [0.2, 0.25) is 0 Å². The fourth-order valence-electron chi connectivity index (χ4n) is 2.62. The van der Waals surface area contributed by atoms with Crippen LogP contribution in [0.5, 0.6) is 0 Å². The zero-order valence-corrected chi connectivity index (χ0v) is 10.7. The molecule has 2 nitrogen and oxygen atoms in total. The number of rotatable bonds is 3. The molecule has 1 atom stereocenters. The quantitative estimate of drug-likeness (QED) is 0.884. The van der Waals surface area contributed by atoms with E-state index in [2.05, 4.69) is 11.4 Å². The molecule has 1 N–H and O–H groups in total. The van der Waals surface area contributed by atoms with Gasteiger partial charge in [0.1, 0.15) is 11.9 Å². The van der Waals surface area contributed by atoms with Crippen LogP contribution >= 0.6 is 0 Å². The molecular formula is C15H19FN2. The molecule has 1 aliphatic rings. The first-order chi connectivity index (χ1) is 8.70. The van der Waals surface area contributed by atoms with Crippen molar-refractivity contribution in [1.29, 1.82) is 5.26 Å². The molecule has 0 radical (unpaired) electrons. The highest BCUT2D eigenvalue weighted by molar-refractivity contribution is 5.33. The summed E-state index contributed by atoms with van der Waals surface area (Å²) in [4.78, 5) is 0. The van der Waals surface area contributed by atoms with Crippen molar-refractivity contribution in [3.63, 3.8) is 0 Å². The topological polar surface area (TPSA) is 35.8 Å². The zero-order valence-electron chi connectivity index (χ0n) is 10.7. The van der Waals surface area contributed by atoms with Gasteiger partial charge in [0.05, 0.1) is 6.07 Å². The lowest BCUT2D eigenvalue weighted by molar-refractivity contribution is 0.359. The van der Waals surface area contributed by atoms with Gasteiger partial charge in [0, 0.05) is 6.04 Å². The molecule has 1 aromatic carbocycles. The minimum Gasteiger partial charge on any atom is -0.295 e. The van der Waals surface area contributed by atoms with E-state index in [0.717, 1.165) is 24.0 Å². The number of nitriles is 1. The molecule has 1 saturated carbocycles. The highest BCUT2D eigenvalue weighted by Gasteiger charge is 2.20. The molecule has 1 aliphatic carbocycles. The Morgan fingerprint density at radius 1 is 1.33 bits per heavy atom. The van der Waals surface area contributed by atoms with E-state index in [0.29, 0.717) is 6.04 Å². The van der Waals surface area contributed by atoms with Gasteiger partial charge in [0.2, 0.25) is 0 Å². The number of hydrogen-bond acceptors (Lipinski definition) is 2. The molecule has 0 amide bonds. The summed E-state index contributed by atoms with van der Waals surface area (Å²) < 4.78 is 13.3. The van der Waals surface area contributed by atoms with Gasteiger partial charge >= 0.3 is 0 Å². The summed E-state index contributed by atoms with van der Waals surface area (Å²) in [6, 6.07) is 6.89. The molecule has 1 fully saturated rings. The highest BCUT2D eigenvalue weighted by Crippen LogP contribution is 2.23. The van der Waals surface area contributed by atoms with E-state index in [1.54, 1.807) is 6.07 Å². The molecule has 18 heavy (non-hydrogen) atoms. The van der Waals surface area contributed by atoms with Gasteiger partial charge in [0.15, 0.2) is 0 Å². The lowest BCUT2D eigenvalue weighted by atomic mass is 9.93. The van der Waals surface area contributed by atoms with E-state index in [4.69, 9.17) is 0 Å². The molecule has 3 heteroatoms. The fourth-order valence-corrected chi connectivity index (χ4v) is 2.62. The molecule has 2 rings (SSSR count). The van der Waals surface area contributed by atoms with Crippen molar-refractivity contribution in [3.05, 3.63) is 35.1 Å². The monoisotopic (exact) mass is 246 g/mol. The molecule has 0 bridgehead atoms. The third kappa shape index (κ3) is 3.08. The van der Waals surface area contributed by atoms with Crippen molar-refractivity contribution in [1.82, 2.24) is 5.32 Å². The van der Waals surface area contributed by atoms with Gasteiger partial charge in [-0.25, -0.2) is 4.39 Å². The van der Waals surface area contributed by atoms with Crippen LogP contribution in [0.15, 0.2) is 18.2 Å². The molecule has 0 heterocycles. The van der Waals surface area contributed by atoms with Gasteiger partial charge in [0.25, 0.3) is 0 Å². The Hall–Kier alpha value is -1.40. The molecule has 0 aliphatic heterocycles. The van der Waals surface area contributed by atoms with Gasteiger partial charge in [-0.05, 0) is 43.0 Å². The Morgan fingerprint density at radius 2 is 2.06 bits per heavy atom. The molecule has 1 unspecified atom stereocenters. The number of halogens is 1. The maximum atomic E-state index is 13.3. The van der Waals surface area contributed by atoms with Crippen molar-refractivity contribution in [2.24, 2.45) is 0 Å². The van der Waals surface area contributed by atoms with Crippen LogP contribution in [0, 0.1) is 24.1 Å². The van der Waals surface area contributed by atoms with Gasteiger partial charge in [-0.2, -0.15) is 5.26 Å². The van der Waals surface area contributed by atoms with Gasteiger partial charge in [-0.1, -0.05) is 25.3 Å². The zero-order chi connectivity index (χ0) is 13.0. The average Bonchev–Trinajstić information content (AvgIpc) is 2.40. The van der Waals surface area contributed by atoms with Gasteiger partial charge < -0.3 is 0 Å². The number of aryl methyl sites for hydroxylation is 1. The lowest BCUT2D eigenvalue weighted by Gasteiger charge is -2.26. The lowest BCUT2D eigenvalue weighted by Crippen LogP contribution is -2.34. The van der Waals surface area contributed by atoms with Crippen LogP contribution in [0.4, 0.5) is 4.39 Å². The molecular weight excluding hydrogens is 227 g/mol. The van der Waals surface area contributed by atoms with Crippen LogP contribution in [-0.2, 0) is 0 Å². The summed E-state index contributed by atoms with van der Waals surface area (Å²) >= 11 is 0. The van der Waals surface area contributed by atoms with Crippen molar-refractivity contribution >= 4 is 0 Å². The first-order valence-electron chi connectivity index (χ1n) is 6.62. The maximum absolute atomic E-state index is 13.3. The summed E-state index contributed by atoms with van der Waals surface area (Å²) in [5.41, 5.74) is 1.73. The molecule has 1 aromatic rings. The van der Waals surface area contributed by atoms with Gasteiger partial charge in [-0.3, -0.25) is 5.32 Å². The number of nitrogens with zero attached hydrogens (tertiary/aromatic N) is 1. The van der Waals surface area contributed by atoms with Crippen LogP contribution in [0.25, 0.3) is 0 Å². The predicted octanol–water partition coefficient (Wildman–Crippen LogP) is 3.62. The van der Waals surface area contributed by atoms with Crippen LogP contribution < -0.4 is 5.32 Å². The molecule has 0 spiro atoms. The Kier molecular flexibility index (Phi) is 4.33. The average molecular weight is 246 g/mol. The van der Waals surface area contributed by atoms with Crippen LogP contribution in [0.1, 0.15) is 49.3 Å². The van der Waals surface area contributed by atoms with E-state index in [9.17, 15) is 9.65 Å². The number of benzene rings is 1. The minimum absolute atomic E-state index is 0.277. The second-order valence-corrected chi connectivity index (χ2v) is 5.06. The standard InChI is InChI=1S/C15H19FN2/c1-11-7-8-12(16)9-14(11)15(10-17)18-13-5-3-2-4-6-13/h7-9,13,15,18H,2-6H2,1H3. The van der Waals surface area contributed by atoms with Crippen molar-refractivity contribution < 1.29 is 4.39 Å². The SMILES string of the molecule is Cc1ccc(F)cc1C(C#N)NC1CCCCC1. The van der Waals surface area contributed by atoms with E-state index in [1.165, 1.54) is 31.4 Å². The predicted molar refractivity (Wildman–Crippen MR) is 69.5 cm³/mol. The Bertz CT molecular complexity index is 444. The molecule has 0 saturated heterocycles. The minimum atomic E-state index is -0.399. The van der Waals surface area contributed by atoms with Crippen molar-refractivity contribution in [2.75, 3.05) is 0 Å².